The number of thiazole rings is 1. The number of carbonyl (C=O) groups excluding carboxylic acids is 1. The standard InChI is InChI=1S/C17H22N2O2S/c1-11(2)10-18-16(20)9-15-12(3)19-17(22-15)13-5-7-14(21-4)8-6-13/h5-8,11H,9-10H2,1-4H3,(H,18,20). The molecule has 0 aliphatic rings. The summed E-state index contributed by atoms with van der Waals surface area (Å²) in [7, 11) is 1.65. The molecule has 0 spiro atoms. The van der Waals surface area contributed by atoms with E-state index >= 15 is 0 Å². The van der Waals surface area contributed by atoms with Crippen molar-refractivity contribution in [3.63, 3.8) is 0 Å². The second kappa shape index (κ2) is 7.40. The summed E-state index contributed by atoms with van der Waals surface area (Å²) in [4.78, 5) is 17.6. The number of aromatic nitrogens is 1. The molecule has 1 heterocycles. The molecule has 0 unspecified atom stereocenters. The zero-order valence-electron chi connectivity index (χ0n) is 13.5. The molecule has 0 aliphatic carbocycles. The van der Waals surface area contributed by atoms with Crippen molar-refractivity contribution in [3.05, 3.63) is 34.8 Å². The summed E-state index contributed by atoms with van der Waals surface area (Å²) in [6.07, 6.45) is 0.395. The van der Waals surface area contributed by atoms with E-state index in [1.54, 1.807) is 18.4 Å². The lowest BCUT2D eigenvalue weighted by atomic mass is 10.2. The summed E-state index contributed by atoms with van der Waals surface area (Å²) >= 11 is 1.58. The maximum absolute atomic E-state index is 11.9. The quantitative estimate of drug-likeness (QED) is 0.887. The molecule has 22 heavy (non-hydrogen) atoms. The second-order valence-corrected chi connectivity index (χ2v) is 6.71. The fraction of sp³-hybridized carbons (Fsp3) is 0.412. The van der Waals surface area contributed by atoms with E-state index in [0.29, 0.717) is 18.9 Å². The molecular formula is C17H22N2O2S. The van der Waals surface area contributed by atoms with Gasteiger partial charge in [-0.05, 0) is 37.1 Å². The van der Waals surface area contributed by atoms with E-state index in [-0.39, 0.29) is 5.91 Å². The lowest BCUT2D eigenvalue weighted by Gasteiger charge is -2.06. The molecule has 0 bridgehead atoms. The first kappa shape index (κ1) is 16.5. The number of hydrogen-bond acceptors (Lipinski definition) is 4. The van der Waals surface area contributed by atoms with Crippen LogP contribution in [0.3, 0.4) is 0 Å². The van der Waals surface area contributed by atoms with E-state index in [9.17, 15) is 4.79 Å². The molecule has 0 saturated carbocycles. The number of methoxy groups -OCH3 is 1. The van der Waals surface area contributed by atoms with Crippen molar-refractivity contribution < 1.29 is 9.53 Å². The van der Waals surface area contributed by atoms with Crippen molar-refractivity contribution in [1.82, 2.24) is 10.3 Å². The van der Waals surface area contributed by atoms with Crippen LogP contribution in [0.4, 0.5) is 0 Å². The fourth-order valence-electron chi connectivity index (χ4n) is 1.98. The van der Waals surface area contributed by atoms with Gasteiger partial charge < -0.3 is 10.1 Å². The average molecular weight is 318 g/mol. The van der Waals surface area contributed by atoms with Gasteiger partial charge in [-0.25, -0.2) is 4.98 Å². The lowest BCUT2D eigenvalue weighted by Crippen LogP contribution is -2.28. The van der Waals surface area contributed by atoms with Crippen molar-refractivity contribution in [1.29, 1.82) is 0 Å². The topological polar surface area (TPSA) is 51.2 Å². The summed E-state index contributed by atoms with van der Waals surface area (Å²) < 4.78 is 5.16. The van der Waals surface area contributed by atoms with Gasteiger partial charge in [0, 0.05) is 17.0 Å². The third-order valence-electron chi connectivity index (χ3n) is 3.26. The Morgan fingerprint density at radius 1 is 1.32 bits per heavy atom. The van der Waals surface area contributed by atoms with Gasteiger partial charge in [0.15, 0.2) is 0 Å². The molecule has 0 fully saturated rings. The molecule has 1 aromatic carbocycles. The minimum absolute atomic E-state index is 0.0572. The highest BCUT2D eigenvalue weighted by molar-refractivity contribution is 7.15. The third kappa shape index (κ3) is 4.31. The number of rotatable bonds is 6. The molecule has 0 atom stereocenters. The van der Waals surface area contributed by atoms with Gasteiger partial charge in [-0.1, -0.05) is 13.8 Å². The number of hydrogen-bond donors (Lipinski definition) is 1. The fourth-order valence-corrected chi connectivity index (χ4v) is 3.04. The number of amides is 1. The lowest BCUT2D eigenvalue weighted by molar-refractivity contribution is -0.120. The van der Waals surface area contributed by atoms with Crippen LogP contribution in [0.5, 0.6) is 5.75 Å². The van der Waals surface area contributed by atoms with Crippen LogP contribution in [0.1, 0.15) is 24.4 Å². The van der Waals surface area contributed by atoms with Crippen molar-refractivity contribution in [2.75, 3.05) is 13.7 Å². The van der Waals surface area contributed by atoms with Crippen LogP contribution in [0.25, 0.3) is 10.6 Å². The molecule has 2 rings (SSSR count). The van der Waals surface area contributed by atoms with E-state index in [1.165, 1.54) is 0 Å². The maximum atomic E-state index is 11.9. The molecule has 5 heteroatoms. The minimum atomic E-state index is 0.0572. The Bertz CT molecular complexity index is 633. The highest BCUT2D eigenvalue weighted by Crippen LogP contribution is 2.29. The van der Waals surface area contributed by atoms with Gasteiger partial charge in [0.1, 0.15) is 10.8 Å². The van der Waals surface area contributed by atoms with Crippen LogP contribution in [0.15, 0.2) is 24.3 Å². The molecule has 4 nitrogen and oxygen atoms in total. The van der Waals surface area contributed by atoms with Gasteiger partial charge in [0.25, 0.3) is 0 Å². The summed E-state index contributed by atoms with van der Waals surface area (Å²) in [5, 5.41) is 3.88. The first-order valence-corrected chi connectivity index (χ1v) is 8.18. The zero-order valence-corrected chi connectivity index (χ0v) is 14.3. The van der Waals surface area contributed by atoms with Crippen LogP contribution in [0, 0.1) is 12.8 Å². The predicted molar refractivity (Wildman–Crippen MR) is 90.4 cm³/mol. The van der Waals surface area contributed by atoms with E-state index < -0.39 is 0 Å². The van der Waals surface area contributed by atoms with E-state index in [2.05, 4.69) is 24.1 Å². The van der Waals surface area contributed by atoms with Crippen LogP contribution >= 0.6 is 11.3 Å². The summed E-state index contributed by atoms with van der Waals surface area (Å²) in [5.74, 6) is 1.34. The molecule has 0 saturated heterocycles. The molecule has 1 aromatic heterocycles. The van der Waals surface area contributed by atoms with Crippen molar-refractivity contribution in [2.45, 2.75) is 27.2 Å². The number of nitrogens with one attached hydrogen (secondary N) is 1. The molecule has 1 N–H and O–H groups in total. The largest absolute Gasteiger partial charge is 0.497 e. The predicted octanol–water partition coefficient (Wildman–Crippen LogP) is 3.44. The van der Waals surface area contributed by atoms with Gasteiger partial charge in [-0.2, -0.15) is 0 Å². The molecule has 0 radical (unpaired) electrons. The first-order chi connectivity index (χ1) is 10.5. The minimum Gasteiger partial charge on any atom is -0.497 e. The van der Waals surface area contributed by atoms with Gasteiger partial charge in [0.2, 0.25) is 5.91 Å². The molecule has 1 amide bonds. The van der Waals surface area contributed by atoms with Gasteiger partial charge >= 0.3 is 0 Å². The number of nitrogens with zero attached hydrogens (tertiary/aromatic N) is 1. The molecule has 2 aromatic rings. The Labute approximate surface area is 135 Å². The monoisotopic (exact) mass is 318 g/mol. The highest BCUT2D eigenvalue weighted by atomic mass is 32.1. The van der Waals surface area contributed by atoms with Crippen molar-refractivity contribution in [3.8, 4) is 16.3 Å². The Kier molecular flexibility index (Phi) is 5.55. The Hall–Kier alpha value is -1.88. The smallest absolute Gasteiger partial charge is 0.225 e. The first-order valence-electron chi connectivity index (χ1n) is 7.37. The Morgan fingerprint density at radius 2 is 2.00 bits per heavy atom. The SMILES string of the molecule is COc1ccc(-c2nc(C)c(CC(=O)NCC(C)C)s2)cc1. The number of carbonyl (C=O) groups is 1. The third-order valence-corrected chi connectivity index (χ3v) is 4.46. The summed E-state index contributed by atoms with van der Waals surface area (Å²) in [6, 6.07) is 7.81. The van der Waals surface area contributed by atoms with E-state index in [1.807, 2.05) is 31.2 Å². The normalized spacial score (nSPS) is 10.8. The maximum Gasteiger partial charge on any atom is 0.225 e. The van der Waals surface area contributed by atoms with E-state index in [0.717, 1.165) is 26.9 Å². The molecule has 118 valence electrons. The van der Waals surface area contributed by atoms with Crippen LogP contribution in [-0.2, 0) is 11.2 Å². The highest BCUT2D eigenvalue weighted by Gasteiger charge is 2.13. The van der Waals surface area contributed by atoms with Crippen LogP contribution < -0.4 is 10.1 Å². The number of aryl methyl sites for hydroxylation is 1. The zero-order chi connectivity index (χ0) is 16.1. The second-order valence-electron chi connectivity index (χ2n) is 5.63. The van der Waals surface area contributed by atoms with Crippen LogP contribution in [-0.4, -0.2) is 24.5 Å². The van der Waals surface area contributed by atoms with Crippen LogP contribution in [0.2, 0.25) is 0 Å². The summed E-state index contributed by atoms with van der Waals surface area (Å²) in [6.45, 7) is 6.83. The van der Waals surface area contributed by atoms with Gasteiger partial charge in [-0.15, -0.1) is 11.3 Å². The van der Waals surface area contributed by atoms with Crippen molar-refractivity contribution >= 4 is 17.2 Å². The Balaban J connectivity index is 2.08. The number of benzene rings is 1. The molecular weight excluding hydrogens is 296 g/mol. The Morgan fingerprint density at radius 3 is 2.59 bits per heavy atom. The summed E-state index contributed by atoms with van der Waals surface area (Å²) in [5.41, 5.74) is 1.97. The van der Waals surface area contributed by atoms with E-state index in [4.69, 9.17) is 4.74 Å². The van der Waals surface area contributed by atoms with Gasteiger partial charge in [0.05, 0.1) is 19.2 Å². The van der Waals surface area contributed by atoms with Gasteiger partial charge in [-0.3, -0.25) is 4.79 Å². The average Bonchev–Trinajstić information content (AvgIpc) is 2.86. The van der Waals surface area contributed by atoms with Crippen molar-refractivity contribution in [2.24, 2.45) is 5.92 Å². The number of ether oxygens (including phenoxy) is 1. The molecule has 0 aliphatic heterocycles.